The minimum Gasteiger partial charge on any atom is -0.492 e. The lowest BCUT2D eigenvalue weighted by Crippen LogP contribution is -2.37. The second-order valence-electron chi connectivity index (χ2n) is 6.58. The Balaban J connectivity index is 1.78. The Hall–Kier alpha value is -2.43. The molecule has 2 aromatic rings. The smallest absolute Gasteiger partial charge is 0.229 e. The van der Waals surface area contributed by atoms with Gasteiger partial charge in [-0.2, -0.15) is 4.98 Å². The molecule has 2 N–H and O–H groups in total. The van der Waals surface area contributed by atoms with Crippen LogP contribution in [0.2, 0.25) is 0 Å². The standard InChI is InChI=1S/C20H26BrN5O4/c1-3-29-17-10-14(18-12-26(13-27)7-9-30-18)4-5-16(17)24-20-23-11-15(21)19(25-20)22-6-8-28-2/h4-5,10-11,13,18H,3,6-9,12H2,1-2H3,(H2,22,23,24,25). The van der Waals surface area contributed by atoms with Crippen molar-refractivity contribution in [1.29, 1.82) is 0 Å². The molecular formula is C20H26BrN5O4. The van der Waals surface area contributed by atoms with Crippen LogP contribution in [0.4, 0.5) is 17.5 Å². The van der Waals surface area contributed by atoms with Gasteiger partial charge < -0.3 is 29.7 Å². The molecule has 10 heteroatoms. The summed E-state index contributed by atoms with van der Waals surface area (Å²) in [5.41, 5.74) is 1.70. The van der Waals surface area contributed by atoms with Crippen LogP contribution >= 0.6 is 15.9 Å². The lowest BCUT2D eigenvalue weighted by atomic mass is 10.1. The van der Waals surface area contributed by atoms with Crippen LogP contribution in [0.5, 0.6) is 5.75 Å². The van der Waals surface area contributed by atoms with Crippen molar-refractivity contribution in [3.05, 3.63) is 34.4 Å². The molecule has 1 saturated heterocycles. The van der Waals surface area contributed by atoms with Crippen molar-refractivity contribution in [1.82, 2.24) is 14.9 Å². The van der Waals surface area contributed by atoms with Gasteiger partial charge in [0, 0.05) is 26.4 Å². The first kappa shape index (κ1) is 22.3. The predicted octanol–water partition coefficient (Wildman–Crippen LogP) is 2.97. The number of nitrogens with one attached hydrogen (secondary N) is 2. The zero-order chi connectivity index (χ0) is 21.3. The van der Waals surface area contributed by atoms with E-state index in [1.54, 1.807) is 18.2 Å². The Bertz CT molecular complexity index is 854. The third kappa shape index (κ3) is 5.80. The van der Waals surface area contributed by atoms with Crippen molar-refractivity contribution in [2.75, 3.05) is 57.2 Å². The van der Waals surface area contributed by atoms with Crippen LogP contribution in [0, 0.1) is 0 Å². The van der Waals surface area contributed by atoms with Crippen molar-refractivity contribution < 1.29 is 19.0 Å². The monoisotopic (exact) mass is 479 g/mol. The molecule has 0 spiro atoms. The van der Waals surface area contributed by atoms with Gasteiger partial charge >= 0.3 is 0 Å². The van der Waals surface area contributed by atoms with Gasteiger partial charge in [-0.3, -0.25) is 4.79 Å². The molecule has 3 rings (SSSR count). The van der Waals surface area contributed by atoms with Gasteiger partial charge in [-0.15, -0.1) is 0 Å². The molecule has 1 amide bonds. The van der Waals surface area contributed by atoms with Crippen LogP contribution in [0.3, 0.4) is 0 Å². The molecule has 0 radical (unpaired) electrons. The molecule has 9 nitrogen and oxygen atoms in total. The molecule has 30 heavy (non-hydrogen) atoms. The second kappa shape index (κ2) is 11.1. The highest BCUT2D eigenvalue weighted by Crippen LogP contribution is 2.33. The maximum Gasteiger partial charge on any atom is 0.229 e. The molecule has 1 atom stereocenters. The number of methoxy groups -OCH3 is 1. The second-order valence-corrected chi connectivity index (χ2v) is 7.44. The van der Waals surface area contributed by atoms with Crippen LogP contribution in [0.1, 0.15) is 18.6 Å². The highest BCUT2D eigenvalue weighted by Gasteiger charge is 2.22. The number of carbonyl (C=O) groups excluding carboxylic acids is 1. The number of nitrogens with zero attached hydrogens (tertiary/aromatic N) is 3. The first-order valence-corrected chi connectivity index (χ1v) is 10.5. The summed E-state index contributed by atoms with van der Waals surface area (Å²) in [6.07, 6.45) is 2.36. The minimum atomic E-state index is -0.183. The van der Waals surface area contributed by atoms with Crippen molar-refractivity contribution in [2.45, 2.75) is 13.0 Å². The third-order valence-corrected chi connectivity index (χ3v) is 5.09. The number of carbonyl (C=O) groups is 1. The van der Waals surface area contributed by atoms with Crippen LogP contribution < -0.4 is 15.4 Å². The Labute approximate surface area is 184 Å². The maximum absolute atomic E-state index is 11.1. The van der Waals surface area contributed by atoms with E-state index in [9.17, 15) is 4.79 Å². The van der Waals surface area contributed by atoms with Gasteiger partial charge in [0.1, 0.15) is 17.7 Å². The number of anilines is 3. The van der Waals surface area contributed by atoms with E-state index in [2.05, 4.69) is 36.5 Å². The zero-order valence-electron chi connectivity index (χ0n) is 17.1. The lowest BCUT2D eigenvalue weighted by Gasteiger charge is -2.30. The lowest BCUT2D eigenvalue weighted by molar-refractivity contribution is -0.125. The van der Waals surface area contributed by atoms with E-state index in [1.165, 1.54) is 0 Å². The average Bonchev–Trinajstić information content (AvgIpc) is 2.77. The summed E-state index contributed by atoms with van der Waals surface area (Å²) in [5, 5.41) is 6.42. The first-order valence-electron chi connectivity index (χ1n) is 9.74. The van der Waals surface area contributed by atoms with E-state index >= 15 is 0 Å². The van der Waals surface area contributed by atoms with Gasteiger partial charge in [-0.05, 0) is 40.5 Å². The quantitative estimate of drug-likeness (QED) is 0.396. The number of amides is 1. The summed E-state index contributed by atoms with van der Waals surface area (Å²) < 4.78 is 17.5. The SMILES string of the molecule is CCOc1cc(C2CN(C=O)CCO2)ccc1Nc1ncc(Br)c(NCCOC)n1. The molecular weight excluding hydrogens is 454 g/mol. The molecule has 162 valence electrons. The third-order valence-electron chi connectivity index (χ3n) is 4.51. The average molecular weight is 480 g/mol. The molecule has 1 fully saturated rings. The van der Waals surface area contributed by atoms with Crippen molar-refractivity contribution >= 4 is 39.8 Å². The molecule has 1 aliphatic rings. The van der Waals surface area contributed by atoms with Gasteiger partial charge in [0.15, 0.2) is 0 Å². The molecule has 1 aliphatic heterocycles. The molecule has 0 bridgehead atoms. The van der Waals surface area contributed by atoms with Crippen LogP contribution in [0.15, 0.2) is 28.9 Å². The fraction of sp³-hybridized carbons (Fsp3) is 0.450. The normalized spacial score (nSPS) is 16.2. The van der Waals surface area contributed by atoms with Crippen molar-refractivity contribution in [3.8, 4) is 5.75 Å². The number of halogens is 1. The van der Waals surface area contributed by atoms with E-state index in [0.717, 1.165) is 22.1 Å². The summed E-state index contributed by atoms with van der Waals surface area (Å²) in [4.78, 5) is 21.7. The number of aromatic nitrogens is 2. The largest absolute Gasteiger partial charge is 0.492 e. The topological polar surface area (TPSA) is 97.8 Å². The Morgan fingerprint density at radius 2 is 2.30 bits per heavy atom. The summed E-state index contributed by atoms with van der Waals surface area (Å²) in [7, 11) is 1.65. The maximum atomic E-state index is 11.1. The van der Waals surface area contributed by atoms with Crippen LogP contribution in [-0.2, 0) is 14.3 Å². The summed E-state index contributed by atoms with van der Waals surface area (Å²) in [6.45, 7) is 5.28. The van der Waals surface area contributed by atoms with Crippen molar-refractivity contribution in [2.24, 2.45) is 0 Å². The van der Waals surface area contributed by atoms with E-state index in [4.69, 9.17) is 14.2 Å². The summed E-state index contributed by atoms with van der Waals surface area (Å²) in [6, 6.07) is 5.80. The number of hydrogen-bond donors (Lipinski definition) is 2. The molecule has 0 aliphatic carbocycles. The van der Waals surface area contributed by atoms with Gasteiger partial charge in [0.05, 0.1) is 36.5 Å². The van der Waals surface area contributed by atoms with Gasteiger partial charge in [0.2, 0.25) is 12.4 Å². The number of benzene rings is 1. The summed E-state index contributed by atoms with van der Waals surface area (Å²) >= 11 is 3.45. The molecule has 0 saturated carbocycles. The van der Waals surface area contributed by atoms with Gasteiger partial charge in [-0.25, -0.2) is 4.98 Å². The van der Waals surface area contributed by atoms with E-state index in [-0.39, 0.29) is 6.10 Å². The predicted molar refractivity (Wildman–Crippen MR) is 117 cm³/mol. The number of hydrogen-bond acceptors (Lipinski definition) is 8. The number of rotatable bonds is 10. The Morgan fingerprint density at radius 1 is 1.43 bits per heavy atom. The van der Waals surface area contributed by atoms with Gasteiger partial charge in [-0.1, -0.05) is 6.07 Å². The van der Waals surface area contributed by atoms with Crippen molar-refractivity contribution in [3.63, 3.8) is 0 Å². The van der Waals surface area contributed by atoms with Gasteiger partial charge in [0.25, 0.3) is 0 Å². The number of ether oxygens (including phenoxy) is 3. The molecule has 1 aromatic heterocycles. The Morgan fingerprint density at radius 3 is 3.07 bits per heavy atom. The Kier molecular flexibility index (Phi) is 8.23. The van der Waals surface area contributed by atoms with Crippen LogP contribution in [-0.4, -0.2) is 67.8 Å². The van der Waals surface area contributed by atoms with E-state index in [1.807, 2.05) is 25.1 Å². The van der Waals surface area contributed by atoms with E-state index in [0.29, 0.717) is 57.0 Å². The first-order chi connectivity index (χ1) is 14.6. The highest BCUT2D eigenvalue weighted by molar-refractivity contribution is 9.10. The molecule has 1 unspecified atom stereocenters. The summed E-state index contributed by atoms with van der Waals surface area (Å²) in [5.74, 6) is 1.78. The molecule has 1 aromatic carbocycles. The van der Waals surface area contributed by atoms with E-state index < -0.39 is 0 Å². The minimum absolute atomic E-state index is 0.183. The van der Waals surface area contributed by atoms with Crippen LogP contribution in [0.25, 0.3) is 0 Å². The zero-order valence-corrected chi connectivity index (χ0v) is 18.6. The fourth-order valence-corrected chi connectivity index (χ4v) is 3.36. The number of morpholine rings is 1. The molecule has 2 heterocycles. The fourth-order valence-electron chi connectivity index (χ4n) is 3.03. The highest BCUT2D eigenvalue weighted by atomic mass is 79.9.